The summed E-state index contributed by atoms with van der Waals surface area (Å²) in [5.41, 5.74) is 0. The van der Waals surface area contributed by atoms with Gasteiger partial charge < -0.3 is 4.74 Å². The second kappa shape index (κ2) is 2.61. The van der Waals surface area contributed by atoms with E-state index in [-0.39, 0.29) is 13.2 Å². The number of halogens is 2. The zero-order valence-electron chi connectivity index (χ0n) is 4.79. The zero-order valence-corrected chi connectivity index (χ0v) is 7.20. The van der Waals surface area contributed by atoms with Gasteiger partial charge in [0.1, 0.15) is 6.61 Å². The van der Waals surface area contributed by atoms with Gasteiger partial charge in [-0.2, -0.15) is 0 Å². The second-order valence-corrected chi connectivity index (χ2v) is 6.29. The maximum Gasteiger partial charge on any atom is 0.417 e. The van der Waals surface area contributed by atoms with Gasteiger partial charge in [0.05, 0.1) is 6.54 Å². The summed E-state index contributed by atoms with van der Waals surface area (Å²) in [6.07, 6.45) is -0.715. The Kier molecular flexibility index (Phi) is 2.13. The Morgan fingerprint density at radius 1 is 1.60 bits per heavy atom. The molecular formula is C3H4Cl2NO3P. The van der Waals surface area contributed by atoms with Crippen molar-refractivity contribution in [3.8, 4) is 0 Å². The summed E-state index contributed by atoms with van der Waals surface area (Å²) in [5, 5.41) is 0. The van der Waals surface area contributed by atoms with Crippen LogP contribution in [0.2, 0.25) is 0 Å². The van der Waals surface area contributed by atoms with Crippen LogP contribution in [-0.2, 0) is 9.30 Å². The molecule has 1 aliphatic rings. The van der Waals surface area contributed by atoms with E-state index in [1.54, 1.807) is 0 Å². The number of rotatable bonds is 1. The van der Waals surface area contributed by atoms with Crippen LogP contribution in [0.4, 0.5) is 4.79 Å². The lowest BCUT2D eigenvalue weighted by molar-refractivity contribution is 0.170. The Morgan fingerprint density at radius 2 is 2.20 bits per heavy atom. The molecule has 4 nitrogen and oxygen atoms in total. The standard InChI is InChI=1S/C3H4Cl2NO3P/c4-10(5,8)6-1-2-9-3(6)7/h1-2H2. The van der Waals surface area contributed by atoms with Gasteiger partial charge in [-0.1, -0.05) is 0 Å². The van der Waals surface area contributed by atoms with Gasteiger partial charge in [0, 0.05) is 0 Å². The molecule has 1 saturated heterocycles. The largest absolute Gasteiger partial charge is 0.447 e. The molecule has 0 aliphatic carbocycles. The highest BCUT2D eigenvalue weighted by Crippen LogP contribution is 2.60. The minimum absolute atomic E-state index is 0.197. The smallest absolute Gasteiger partial charge is 0.417 e. The fraction of sp³-hybridized carbons (Fsp3) is 0.667. The van der Waals surface area contributed by atoms with Crippen LogP contribution in [0.3, 0.4) is 0 Å². The van der Waals surface area contributed by atoms with Crippen molar-refractivity contribution >= 4 is 34.6 Å². The van der Waals surface area contributed by atoms with Gasteiger partial charge in [-0.05, 0) is 22.5 Å². The highest BCUT2D eigenvalue weighted by atomic mass is 35.9. The first-order valence-electron chi connectivity index (χ1n) is 2.46. The summed E-state index contributed by atoms with van der Waals surface area (Å²) in [5.74, 6) is -3.47. The molecule has 1 fully saturated rings. The number of nitrogens with zero attached hydrogens (tertiary/aromatic N) is 1. The van der Waals surface area contributed by atoms with E-state index in [0.717, 1.165) is 4.67 Å². The molecule has 7 heteroatoms. The van der Waals surface area contributed by atoms with Crippen molar-refractivity contribution in [1.82, 2.24) is 4.67 Å². The molecule has 10 heavy (non-hydrogen) atoms. The predicted molar refractivity (Wildman–Crippen MR) is 37.4 cm³/mol. The number of ether oxygens (including phenoxy) is 1. The minimum Gasteiger partial charge on any atom is -0.447 e. The van der Waals surface area contributed by atoms with Crippen molar-refractivity contribution in [1.29, 1.82) is 0 Å². The number of carbonyl (C=O) groups is 1. The Labute approximate surface area is 67.0 Å². The SMILES string of the molecule is O=C1OCCN1P(=O)(Cl)Cl. The molecule has 1 aliphatic heterocycles. The van der Waals surface area contributed by atoms with Crippen LogP contribution in [0.25, 0.3) is 0 Å². The highest BCUT2D eigenvalue weighted by Gasteiger charge is 2.35. The first kappa shape index (κ1) is 8.18. The minimum atomic E-state index is -3.47. The summed E-state index contributed by atoms with van der Waals surface area (Å²) in [6.45, 7) is 0.394. The second-order valence-electron chi connectivity index (χ2n) is 1.67. The fourth-order valence-corrected chi connectivity index (χ4v) is 1.98. The van der Waals surface area contributed by atoms with Gasteiger partial charge in [-0.25, -0.2) is 9.46 Å². The number of hydrogen-bond donors (Lipinski definition) is 0. The monoisotopic (exact) mass is 203 g/mol. The first-order valence-corrected chi connectivity index (χ1v) is 5.93. The number of amides is 1. The molecule has 1 amide bonds. The molecule has 0 aromatic carbocycles. The molecule has 0 N–H and O–H groups in total. The normalized spacial score (nSPS) is 19.4. The molecular weight excluding hydrogens is 200 g/mol. The van der Waals surface area contributed by atoms with E-state index in [1.165, 1.54) is 0 Å². The third-order valence-corrected chi connectivity index (χ3v) is 3.04. The van der Waals surface area contributed by atoms with Gasteiger partial charge >= 0.3 is 12.1 Å². The predicted octanol–water partition coefficient (Wildman–Crippen LogP) is 2.02. The Bertz CT molecular complexity index is 202. The molecule has 1 heterocycles. The van der Waals surface area contributed by atoms with Gasteiger partial charge in [-0.15, -0.1) is 0 Å². The van der Waals surface area contributed by atoms with Crippen molar-refractivity contribution in [2.45, 2.75) is 0 Å². The zero-order chi connectivity index (χ0) is 7.78. The summed E-state index contributed by atoms with van der Waals surface area (Å²) < 4.78 is 16.0. The van der Waals surface area contributed by atoms with Crippen LogP contribution in [-0.4, -0.2) is 23.9 Å². The average Bonchev–Trinajstić information content (AvgIpc) is 2.11. The van der Waals surface area contributed by atoms with E-state index >= 15 is 0 Å². The average molecular weight is 204 g/mol. The summed E-state index contributed by atoms with van der Waals surface area (Å²) in [4.78, 5) is 10.6. The molecule has 0 saturated carbocycles. The maximum atomic E-state index is 10.8. The summed E-state index contributed by atoms with van der Waals surface area (Å²) >= 11 is 10.4. The van der Waals surface area contributed by atoms with E-state index < -0.39 is 12.1 Å². The molecule has 0 radical (unpaired) electrons. The van der Waals surface area contributed by atoms with Crippen molar-refractivity contribution in [2.75, 3.05) is 13.2 Å². The van der Waals surface area contributed by atoms with Gasteiger partial charge in [0.25, 0.3) is 0 Å². The van der Waals surface area contributed by atoms with Crippen LogP contribution in [0.1, 0.15) is 0 Å². The van der Waals surface area contributed by atoms with Crippen molar-refractivity contribution in [3.63, 3.8) is 0 Å². The molecule has 1 rings (SSSR count). The lowest BCUT2D eigenvalue weighted by Crippen LogP contribution is -2.16. The van der Waals surface area contributed by atoms with E-state index in [4.69, 9.17) is 22.5 Å². The van der Waals surface area contributed by atoms with Gasteiger partial charge in [-0.3, -0.25) is 4.57 Å². The van der Waals surface area contributed by atoms with Crippen LogP contribution < -0.4 is 0 Å². The lowest BCUT2D eigenvalue weighted by atomic mass is 10.7. The van der Waals surface area contributed by atoms with E-state index in [9.17, 15) is 9.36 Å². The first-order chi connectivity index (χ1) is 4.52. The molecule has 58 valence electrons. The van der Waals surface area contributed by atoms with Crippen LogP contribution in [0.5, 0.6) is 0 Å². The van der Waals surface area contributed by atoms with Crippen LogP contribution in [0, 0.1) is 0 Å². The fourth-order valence-electron chi connectivity index (χ4n) is 0.597. The molecule has 0 bridgehead atoms. The van der Waals surface area contributed by atoms with Crippen molar-refractivity contribution in [3.05, 3.63) is 0 Å². The lowest BCUT2D eigenvalue weighted by Gasteiger charge is -2.11. The van der Waals surface area contributed by atoms with Crippen LogP contribution >= 0.6 is 28.5 Å². The quantitative estimate of drug-likeness (QED) is 0.613. The third kappa shape index (κ3) is 1.57. The maximum absolute atomic E-state index is 10.8. The summed E-state index contributed by atoms with van der Waals surface area (Å²) in [6, 6.07) is 0. The van der Waals surface area contributed by atoms with E-state index in [0.29, 0.717) is 0 Å². The molecule has 0 atom stereocenters. The molecule has 0 aromatic rings. The Balaban J connectivity index is 2.74. The Hall–Kier alpha value is 0.0800. The van der Waals surface area contributed by atoms with Crippen molar-refractivity contribution in [2.24, 2.45) is 0 Å². The van der Waals surface area contributed by atoms with Crippen molar-refractivity contribution < 1.29 is 14.1 Å². The van der Waals surface area contributed by atoms with E-state index in [1.807, 2.05) is 0 Å². The topological polar surface area (TPSA) is 46.6 Å². The van der Waals surface area contributed by atoms with Gasteiger partial charge in [0.15, 0.2) is 0 Å². The number of hydrogen-bond acceptors (Lipinski definition) is 3. The van der Waals surface area contributed by atoms with Crippen LogP contribution in [0.15, 0.2) is 0 Å². The highest BCUT2D eigenvalue weighted by molar-refractivity contribution is 8.07. The molecule has 0 spiro atoms. The molecule has 0 aromatic heterocycles. The summed E-state index contributed by atoms with van der Waals surface area (Å²) in [7, 11) is 0. The van der Waals surface area contributed by atoms with Gasteiger partial charge in [0.2, 0.25) is 0 Å². The third-order valence-electron chi connectivity index (χ3n) is 1.02. The Morgan fingerprint density at radius 3 is 2.40 bits per heavy atom. The van der Waals surface area contributed by atoms with E-state index in [2.05, 4.69) is 4.74 Å². The molecule has 0 unspecified atom stereocenters. The number of carbonyl (C=O) groups excluding carboxylic acids is 1. The number of cyclic esters (lactones) is 1.